The first-order chi connectivity index (χ1) is 16.7. The summed E-state index contributed by atoms with van der Waals surface area (Å²) in [7, 11) is -4.06. The van der Waals surface area contributed by atoms with E-state index < -0.39 is 33.0 Å². The van der Waals surface area contributed by atoms with Crippen LogP contribution in [0.2, 0.25) is 0 Å². The first kappa shape index (κ1) is 22.5. The first-order valence-electron chi connectivity index (χ1n) is 10.7. The molecule has 1 aliphatic heterocycles. The summed E-state index contributed by atoms with van der Waals surface area (Å²) in [4.78, 5) is 40.8. The zero-order valence-corrected chi connectivity index (χ0v) is 19.0. The molecule has 1 amide bonds. The van der Waals surface area contributed by atoms with E-state index in [1.165, 1.54) is 46.8 Å². The molecule has 0 fully saturated rings. The first-order valence-corrected chi connectivity index (χ1v) is 12.2. The second-order valence-electron chi connectivity index (χ2n) is 8.06. The van der Waals surface area contributed by atoms with Crippen molar-refractivity contribution in [2.24, 2.45) is 0 Å². The molecule has 178 valence electrons. The highest BCUT2D eigenvalue weighted by molar-refractivity contribution is 7.92. The van der Waals surface area contributed by atoms with Gasteiger partial charge in [0.1, 0.15) is 5.82 Å². The van der Waals surface area contributed by atoms with Gasteiger partial charge in [-0.3, -0.25) is 18.9 Å². The summed E-state index contributed by atoms with van der Waals surface area (Å²) in [5.74, 6) is -0.900. The van der Waals surface area contributed by atoms with Crippen molar-refractivity contribution in [3.63, 3.8) is 0 Å². The minimum absolute atomic E-state index is 0.0446. The topological polar surface area (TPSA) is 132 Å². The minimum Gasteiger partial charge on any atom is -0.322 e. The third-order valence-corrected chi connectivity index (χ3v) is 7.67. The normalized spacial score (nSPS) is 13.5. The molecule has 4 aromatic rings. The molecule has 0 bridgehead atoms. The fraction of sp³-hybridized carbons (Fsp3) is 0.125. The van der Waals surface area contributed by atoms with E-state index in [1.54, 1.807) is 18.2 Å². The summed E-state index contributed by atoms with van der Waals surface area (Å²) in [6, 6.07) is 14.0. The standard InChI is InChI=1S/C24H19FN4O5S/c25-15-8-6-14(7-9-15)22(30)26-19-4-1-5-21-17(19)3-2-12-29(21)35(33,34)16-10-11-20-18(13-16)23(31)28-24(32)27-20/h1,4-11,13H,2-3,12H2,(H,26,30)(H2,27,28,31,32). The van der Waals surface area contributed by atoms with Crippen LogP contribution in [-0.4, -0.2) is 30.8 Å². The van der Waals surface area contributed by atoms with Crippen LogP contribution in [0, 0.1) is 5.82 Å². The Morgan fingerprint density at radius 1 is 1.00 bits per heavy atom. The van der Waals surface area contributed by atoms with E-state index >= 15 is 0 Å². The van der Waals surface area contributed by atoms with E-state index in [0.29, 0.717) is 29.8 Å². The molecular formula is C24H19FN4O5S. The summed E-state index contributed by atoms with van der Waals surface area (Å²) < 4.78 is 41.6. The van der Waals surface area contributed by atoms with Gasteiger partial charge in [-0.25, -0.2) is 17.6 Å². The summed E-state index contributed by atoms with van der Waals surface area (Å²) in [5.41, 5.74) is 0.656. The summed E-state index contributed by atoms with van der Waals surface area (Å²) in [6.07, 6.45) is 1.05. The van der Waals surface area contributed by atoms with E-state index in [-0.39, 0.29) is 27.9 Å². The summed E-state index contributed by atoms with van der Waals surface area (Å²) in [6.45, 7) is 0.213. The third kappa shape index (κ3) is 4.10. The van der Waals surface area contributed by atoms with E-state index in [0.717, 1.165) is 0 Å². The van der Waals surface area contributed by atoms with E-state index in [2.05, 4.69) is 15.3 Å². The lowest BCUT2D eigenvalue weighted by molar-refractivity contribution is 0.102. The van der Waals surface area contributed by atoms with E-state index in [1.807, 2.05) is 0 Å². The van der Waals surface area contributed by atoms with Crippen molar-refractivity contribution in [3.05, 3.63) is 98.4 Å². The maximum absolute atomic E-state index is 13.6. The molecule has 0 aliphatic carbocycles. The highest BCUT2D eigenvalue weighted by Gasteiger charge is 2.31. The molecule has 0 spiro atoms. The SMILES string of the molecule is O=C(Nc1cccc2c1CCCN2S(=O)(=O)c1ccc2[nH]c(=O)[nH]c(=O)c2c1)c1ccc(F)cc1. The molecule has 0 atom stereocenters. The monoisotopic (exact) mass is 494 g/mol. The highest BCUT2D eigenvalue weighted by Crippen LogP contribution is 2.36. The maximum atomic E-state index is 13.6. The number of benzene rings is 3. The molecule has 3 aromatic carbocycles. The van der Waals surface area contributed by atoms with Crippen molar-refractivity contribution < 1.29 is 17.6 Å². The number of anilines is 2. The van der Waals surface area contributed by atoms with Gasteiger partial charge in [-0.15, -0.1) is 0 Å². The van der Waals surface area contributed by atoms with E-state index in [9.17, 15) is 27.2 Å². The van der Waals surface area contributed by atoms with Crippen LogP contribution in [0.15, 0.2) is 75.1 Å². The zero-order valence-electron chi connectivity index (χ0n) is 18.2. The fourth-order valence-corrected chi connectivity index (χ4v) is 5.75. The van der Waals surface area contributed by atoms with Gasteiger partial charge in [0.25, 0.3) is 21.5 Å². The van der Waals surface area contributed by atoms with Gasteiger partial charge in [-0.2, -0.15) is 0 Å². The number of sulfonamides is 1. The van der Waals surface area contributed by atoms with Gasteiger partial charge in [-0.1, -0.05) is 6.07 Å². The summed E-state index contributed by atoms with van der Waals surface area (Å²) in [5, 5.41) is 2.84. The maximum Gasteiger partial charge on any atom is 0.326 e. The van der Waals surface area contributed by atoms with Gasteiger partial charge < -0.3 is 10.3 Å². The molecule has 0 saturated carbocycles. The lowest BCUT2D eigenvalue weighted by Crippen LogP contribution is -2.36. The second-order valence-corrected chi connectivity index (χ2v) is 9.92. The number of amides is 1. The molecule has 11 heteroatoms. The number of carbonyl (C=O) groups excluding carboxylic acids is 1. The number of nitrogens with one attached hydrogen (secondary N) is 3. The number of hydrogen-bond donors (Lipinski definition) is 3. The highest BCUT2D eigenvalue weighted by atomic mass is 32.2. The molecule has 1 aliphatic rings. The van der Waals surface area contributed by atoms with Crippen LogP contribution >= 0.6 is 0 Å². The Morgan fingerprint density at radius 3 is 2.54 bits per heavy atom. The predicted molar refractivity (Wildman–Crippen MR) is 129 cm³/mol. The average Bonchev–Trinajstić information content (AvgIpc) is 2.84. The molecule has 2 heterocycles. The van der Waals surface area contributed by atoms with Crippen molar-refractivity contribution in [1.29, 1.82) is 0 Å². The second kappa shape index (κ2) is 8.51. The molecule has 35 heavy (non-hydrogen) atoms. The van der Waals surface area contributed by atoms with Crippen molar-refractivity contribution in [2.75, 3.05) is 16.2 Å². The summed E-state index contributed by atoms with van der Waals surface area (Å²) >= 11 is 0. The van der Waals surface area contributed by atoms with Gasteiger partial charge in [-0.05, 0) is 67.4 Å². The van der Waals surface area contributed by atoms with Crippen LogP contribution in [-0.2, 0) is 16.4 Å². The van der Waals surface area contributed by atoms with Crippen molar-refractivity contribution >= 4 is 38.2 Å². The molecule has 9 nitrogen and oxygen atoms in total. The number of carbonyl (C=O) groups is 1. The number of fused-ring (bicyclic) bond motifs is 2. The zero-order chi connectivity index (χ0) is 24.7. The number of H-pyrrole nitrogens is 2. The average molecular weight is 495 g/mol. The number of halogens is 1. The van der Waals surface area contributed by atoms with Crippen molar-refractivity contribution in [3.8, 4) is 0 Å². The van der Waals surface area contributed by atoms with Gasteiger partial charge in [0.2, 0.25) is 0 Å². The number of hydrogen-bond acceptors (Lipinski definition) is 5. The van der Waals surface area contributed by atoms with E-state index in [4.69, 9.17) is 0 Å². The Morgan fingerprint density at radius 2 is 1.77 bits per heavy atom. The molecule has 0 radical (unpaired) electrons. The quantitative estimate of drug-likeness (QED) is 0.401. The number of nitrogens with zero attached hydrogens (tertiary/aromatic N) is 1. The third-order valence-electron chi connectivity index (χ3n) is 5.86. The smallest absolute Gasteiger partial charge is 0.322 e. The Kier molecular flexibility index (Phi) is 5.48. The largest absolute Gasteiger partial charge is 0.326 e. The van der Waals surface area contributed by atoms with Gasteiger partial charge >= 0.3 is 5.69 Å². The number of rotatable bonds is 4. The number of aromatic amines is 2. The van der Waals surface area contributed by atoms with Gasteiger partial charge in [0.15, 0.2) is 0 Å². The predicted octanol–water partition coefficient (Wildman–Crippen LogP) is 2.75. The van der Waals surface area contributed by atoms with Gasteiger partial charge in [0, 0.05) is 23.4 Å². The van der Waals surface area contributed by atoms with Crippen LogP contribution in [0.25, 0.3) is 10.9 Å². The van der Waals surface area contributed by atoms with Crippen LogP contribution < -0.4 is 20.9 Å². The van der Waals surface area contributed by atoms with Crippen LogP contribution in [0.5, 0.6) is 0 Å². The van der Waals surface area contributed by atoms with Crippen LogP contribution in [0.4, 0.5) is 15.8 Å². The molecule has 3 N–H and O–H groups in total. The molecule has 5 rings (SSSR count). The molecule has 1 aromatic heterocycles. The van der Waals surface area contributed by atoms with Crippen molar-refractivity contribution in [2.45, 2.75) is 17.7 Å². The van der Waals surface area contributed by atoms with Gasteiger partial charge in [0.05, 0.1) is 21.5 Å². The molecular weight excluding hydrogens is 475 g/mol. The van der Waals surface area contributed by atoms with Crippen molar-refractivity contribution in [1.82, 2.24) is 9.97 Å². The number of aromatic nitrogens is 2. The Balaban J connectivity index is 1.52. The van der Waals surface area contributed by atoms with Crippen LogP contribution in [0.3, 0.4) is 0 Å². The Bertz CT molecular complexity index is 1690. The Labute approximate surface area is 198 Å². The molecule has 0 saturated heterocycles. The fourth-order valence-electron chi connectivity index (χ4n) is 4.19. The minimum atomic E-state index is -4.06. The lowest BCUT2D eigenvalue weighted by Gasteiger charge is -2.31. The van der Waals surface area contributed by atoms with Crippen LogP contribution in [0.1, 0.15) is 22.3 Å². The molecule has 0 unspecified atom stereocenters. The Hall–Kier alpha value is -4.25. The lowest BCUT2D eigenvalue weighted by atomic mass is 10.0.